The number of fused-ring (bicyclic) bond motifs is 8. The van der Waals surface area contributed by atoms with E-state index in [0.717, 1.165) is 6.42 Å². The minimum Gasteiger partial charge on any atom is -0.333 e. The number of hydrogen-bond acceptors (Lipinski definition) is 0. The van der Waals surface area contributed by atoms with Gasteiger partial charge in [-0.3, -0.25) is 0 Å². The molecule has 2 nitrogen and oxygen atoms in total. The lowest BCUT2D eigenvalue weighted by molar-refractivity contribution is 0.580. The van der Waals surface area contributed by atoms with Crippen LogP contribution in [0, 0.1) is 13.8 Å². The van der Waals surface area contributed by atoms with Crippen molar-refractivity contribution < 1.29 is 0 Å². The third-order valence-electron chi connectivity index (χ3n) is 14.9. The second kappa shape index (κ2) is 13.1. The van der Waals surface area contributed by atoms with E-state index < -0.39 is 0 Å². The molecule has 2 heterocycles. The highest BCUT2D eigenvalue weighted by Crippen LogP contribution is 2.61. The molecule has 5 atom stereocenters. The molecule has 3 aliphatic carbocycles. The Morgan fingerprint density at radius 1 is 0.467 bits per heavy atom. The first kappa shape index (κ1) is 35.6. The van der Waals surface area contributed by atoms with E-state index >= 15 is 0 Å². The van der Waals surface area contributed by atoms with E-state index in [1.165, 1.54) is 110 Å². The molecule has 5 unspecified atom stereocenters. The third-order valence-corrected chi connectivity index (χ3v) is 14.9. The maximum atomic E-state index is 2.73. The smallest absolute Gasteiger partial charge is 0.0582 e. The molecule has 0 N–H and O–H groups in total. The molecule has 2 heteroatoms. The zero-order valence-electron chi connectivity index (χ0n) is 35.4. The van der Waals surface area contributed by atoms with Crippen LogP contribution in [0.25, 0.3) is 82.7 Å². The van der Waals surface area contributed by atoms with Crippen LogP contribution in [0.15, 0.2) is 152 Å². The van der Waals surface area contributed by atoms with Gasteiger partial charge in [0.15, 0.2) is 0 Å². The van der Waals surface area contributed by atoms with Crippen molar-refractivity contribution in [3.63, 3.8) is 0 Å². The fraction of sp³-hybridized carbons (Fsp3) is 0.207. The number of allylic oxidation sites excluding steroid dienone is 4. The van der Waals surface area contributed by atoms with Gasteiger partial charge in [-0.2, -0.15) is 0 Å². The normalized spacial score (nSPS) is 20.5. The average Bonchev–Trinajstić information content (AvgIpc) is 3.78. The van der Waals surface area contributed by atoms with Gasteiger partial charge in [0, 0.05) is 32.7 Å². The number of rotatable bonds is 4. The van der Waals surface area contributed by atoms with Crippen molar-refractivity contribution in [2.45, 2.75) is 77.7 Å². The molecule has 12 rings (SSSR count). The lowest BCUT2D eigenvalue weighted by atomic mass is 9.62. The first-order chi connectivity index (χ1) is 29.3. The summed E-state index contributed by atoms with van der Waals surface area (Å²) in [6.45, 7) is 14.4. The minimum absolute atomic E-state index is 0.253. The van der Waals surface area contributed by atoms with Crippen molar-refractivity contribution >= 4 is 43.6 Å². The summed E-state index contributed by atoms with van der Waals surface area (Å²) in [5.41, 5.74) is 23.4. The molecule has 0 saturated heterocycles. The number of hydrogen-bond donors (Lipinski definition) is 0. The molecule has 0 amide bonds. The van der Waals surface area contributed by atoms with Crippen molar-refractivity contribution in [2.24, 2.45) is 0 Å². The molecule has 0 saturated carbocycles. The van der Waals surface area contributed by atoms with Crippen LogP contribution >= 0.6 is 0 Å². The van der Waals surface area contributed by atoms with Gasteiger partial charge < -0.3 is 9.13 Å². The van der Waals surface area contributed by atoms with Crippen molar-refractivity contribution in [2.75, 3.05) is 0 Å². The van der Waals surface area contributed by atoms with Crippen molar-refractivity contribution in [1.82, 2.24) is 9.13 Å². The molecule has 7 aromatic carbocycles. The molecule has 0 aliphatic heterocycles. The summed E-state index contributed by atoms with van der Waals surface area (Å²) < 4.78 is 5.32. The standard InChI is InChI=1S/C58H50N2/c1-33-15-13-17-39(27-33)41-23-25-51-47(29-41)49-31-45-35(3)38(6)54-56-46(36(4)37(5)53(55(45)56)57(49)59(51)43-19-9-7-10-20-43)32-50-48-30-42(40-18-14-16-34(2)28-40)24-26-52(48)60(58(50)54)44-21-11-8-12-22-44/h7-21,23-32,35-38,44H,22H2,1-6H3. The van der Waals surface area contributed by atoms with Gasteiger partial charge in [0.1, 0.15) is 0 Å². The number of benzene rings is 7. The Labute approximate surface area is 353 Å². The van der Waals surface area contributed by atoms with E-state index in [1.807, 2.05) is 0 Å². The maximum absolute atomic E-state index is 2.73. The second-order valence-corrected chi connectivity index (χ2v) is 18.3. The molecule has 292 valence electrons. The summed E-state index contributed by atoms with van der Waals surface area (Å²) in [5, 5.41) is 5.48. The largest absolute Gasteiger partial charge is 0.333 e. The molecular formula is C58H50N2. The highest BCUT2D eigenvalue weighted by molar-refractivity contribution is 6.17. The van der Waals surface area contributed by atoms with E-state index in [2.05, 4.69) is 202 Å². The predicted molar refractivity (Wildman–Crippen MR) is 255 cm³/mol. The Morgan fingerprint density at radius 2 is 1.02 bits per heavy atom. The number of aromatic nitrogens is 2. The second-order valence-electron chi connectivity index (χ2n) is 18.3. The van der Waals surface area contributed by atoms with Gasteiger partial charge >= 0.3 is 0 Å². The van der Waals surface area contributed by atoms with Gasteiger partial charge in [-0.1, -0.05) is 142 Å². The summed E-state index contributed by atoms with van der Waals surface area (Å²) in [5.74, 6) is 1.30. The fourth-order valence-corrected chi connectivity index (χ4v) is 11.6. The monoisotopic (exact) mass is 774 g/mol. The zero-order valence-corrected chi connectivity index (χ0v) is 35.4. The van der Waals surface area contributed by atoms with Gasteiger partial charge in [0.2, 0.25) is 0 Å². The highest BCUT2D eigenvalue weighted by atomic mass is 15.0. The average molecular weight is 775 g/mol. The Morgan fingerprint density at radius 3 is 1.60 bits per heavy atom. The van der Waals surface area contributed by atoms with Crippen molar-refractivity contribution in [3.8, 4) is 39.1 Å². The topological polar surface area (TPSA) is 9.86 Å². The molecule has 0 bridgehead atoms. The number of nitrogens with zero attached hydrogens (tertiary/aromatic N) is 2. The van der Waals surface area contributed by atoms with Gasteiger partial charge in [-0.25, -0.2) is 0 Å². The Bertz CT molecular complexity index is 3330. The molecule has 2 aromatic heterocycles. The van der Waals surface area contributed by atoms with E-state index in [0.29, 0.717) is 23.7 Å². The molecule has 3 aliphatic rings. The third kappa shape index (κ3) is 4.94. The number of para-hydroxylation sites is 1. The maximum Gasteiger partial charge on any atom is 0.0582 e. The molecule has 9 aromatic rings. The molecular weight excluding hydrogens is 725 g/mol. The van der Waals surface area contributed by atoms with E-state index in [4.69, 9.17) is 0 Å². The Kier molecular flexibility index (Phi) is 7.74. The summed E-state index contributed by atoms with van der Waals surface area (Å²) in [4.78, 5) is 0. The lowest BCUT2D eigenvalue weighted by Crippen LogP contribution is -2.24. The zero-order chi connectivity index (χ0) is 40.6. The van der Waals surface area contributed by atoms with E-state index in [1.54, 1.807) is 5.56 Å². The van der Waals surface area contributed by atoms with Crippen LogP contribution in [0.5, 0.6) is 0 Å². The lowest BCUT2D eigenvalue weighted by Gasteiger charge is -2.42. The SMILES string of the molecule is Cc1cccc(-c2ccc3c(c2)c2cc4c5c(c2n3-c2ccccc2)C(C)C(C)c2cc3c6cc(-c7cccc(C)c7)ccc6n(C6C=CC=CC6)c3c(c2-5)C(C)C4C)c1. The Hall–Kier alpha value is -6.38. The van der Waals surface area contributed by atoms with Gasteiger partial charge in [-0.05, 0) is 148 Å². The molecule has 60 heavy (non-hydrogen) atoms. The van der Waals surface area contributed by atoms with Crippen molar-refractivity contribution in [3.05, 3.63) is 185 Å². The first-order valence-corrected chi connectivity index (χ1v) is 22.1. The molecule has 0 fully saturated rings. The summed E-state index contributed by atoms with van der Waals surface area (Å²) in [6.07, 6.45) is 10.2. The summed E-state index contributed by atoms with van der Waals surface area (Å²) in [7, 11) is 0. The molecule has 0 spiro atoms. The highest BCUT2D eigenvalue weighted by Gasteiger charge is 2.42. The van der Waals surface area contributed by atoms with E-state index in [-0.39, 0.29) is 6.04 Å². The van der Waals surface area contributed by atoms with Crippen LogP contribution in [0.1, 0.15) is 97.2 Å². The first-order valence-electron chi connectivity index (χ1n) is 22.1. The molecule has 0 radical (unpaired) electrons. The van der Waals surface area contributed by atoms with Gasteiger partial charge in [0.25, 0.3) is 0 Å². The van der Waals surface area contributed by atoms with Crippen LogP contribution in [-0.4, -0.2) is 9.13 Å². The number of aryl methyl sites for hydroxylation is 2. The van der Waals surface area contributed by atoms with Crippen LogP contribution in [-0.2, 0) is 0 Å². The minimum atomic E-state index is 0.253. The quantitative estimate of drug-likeness (QED) is 0.169. The van der Waals surface area contributed by atoms with Gasteiger partial charge in [0.05, 0.1) is 22.6 Å². The van der Waals surface area contributed by atoms with Gasteiger partial charge in [-0.15, -0.1) is 0 Å². The summed E-state index contributed by atoms with van der Waals surface area (Å²) in [6, 6.07) is 49.0. The van der Waals surface area contributed by atoms with Crippen LogP contribution < -0.4 is 0 Å². The van der Waals surface area contributed by atoms with Crippen LogP contribution in [0.3, 0.4) is 0 Å². The predicted octanol–water partition coefficient (Wildman–Crippen LogP) is 16.0. The fourth-order valence-electron chi connectivity index (χ4n) is 11.6. The van der Waals surface area contributed by atoms with Crippen molar-refractivity contribution in [1.29, 1.82) is 0 Å². The van der Waals surface area contributed by atoms with E-state index in [9.17, 15) is 0 Å². The van der Waals surface area contributed by atoms with Crippen LogP contribution in [0.2, 0.25) is 0 Å². The van der Waals surface area contributed by atoms with Crippen LogP contribution in [0.4, 0.5) is 0 Å². The summed E-state index contributed by atoms with van der Waals surface area (Å²) >= 11 is 0. The Balaban J connectivity index is 1.22.